The summed E-state index contributed by atoms with van der Waals surface area (Å²) < 4.78 is 5.35. The van der Waals surface area contributed by atoms with E-state index < -0.39 is 0 Å². The summed E-state index contributed by atoms with van der Waals surface area (Å²) in [5.74, 6) is 2.16. The Kier molecular flexibility index (Phi) is 5.19. The van der Waals surface area contributed by atoms with Crippen molar-refractivity contribution in [3.8, 4) is 5.75 Å². The lowest BCUT2D eigenvalue weighted by atomic mass is 10.2. The largest absolute Gasteiger partial charge is 0.496 e. The maximum atomic E-state index is 5.35. The zero-order valence-electron chi connectivity index (χ0n) is 13.4. The summed E-state index contributed by atoms with van der Waals surface area (Å²) in [4.78, 5) is 12.9. The Labute approximate surface area is 141 Å². The van der Waals surface area contributed by atoms with Crippen molar-refractivity contribution in [2.75, 3.05) is 17.7 Å². The number of para-hydroxylation sites is 1. The summed E-state index contributed by atoms with van der Waals surface area (Å²) in [6, 6.07) is 15.5. The summed E-state index contributed by atoms with van der Waals surface area (Å²) in [6.45, 7) is 1.21. The topological polar surface area (TPSA) is 72.0 Å². The highest BCUT2D eigenvalue weighted by Gasteiger charge is 2.03. The Hall–Kier alpha value is -3.15. The predicted octanol–water partition coefficient (Wildman–Crippen LogP) is 3.10. The van der Waals surface area contributed by atoms with E-state index in [0.717, 1.165) is 22.8 Å². The molecule has 0 spiro atoms. The lowest BCUT2D eigenvalue weighted by Crippen LogP contribution is -2.07. The van der Waals surface area contributed by atoms with E-state index in [2.05, 4.69) is 25.6 Å². The molecular weight excluding hydrogens is 302 g/mol. The van der Waals surface area contributed by atoms with Crippen LogP contribution in [-0.2, 0) is 13.1 Å². The van der Waals surface area contributed by atoms with Crippen LogP contribution in [0.3, 0.4) is 0 Å². The van der Waals surface area contributed by atoms with Gasteiger partial charge >= 0.3 is 0 Å². The van der Waals surface area contributed by atoms with Crippen molar-refractivity contribution in [2.24, 2.45) is 0 Å². The second-order valence-corrected chi connectivity index (χ2v) is 5.11. The van der Waals surface area contributed by atoms with Gasteiger partial charge in [-0.05, 0) is 24.3 Å². The van der Waals surface area contributed by atoms with Crippen molar-refractivity contribution in [1.82, 2.24) is 15.0 Å². The van der Waals surface area contributed by atoms with Gasteiger partial charge in [0.2, 0.25) is 5.95 Å². The van der Waals surface area contributed by atoms with Gasteiger partial charge in [0.15, 0.2) is 0 Å². The Morgan fingerprint density at radius 2 is 1.75 bits per heavy atom. The maximum absolute atomic E-state index is 5.35. The molecule has 0 unspecified atom stereocenters. The molecular formula is C18H19N5O. The molecule has 2 N–H and O–H groups in total. The molecule has 0 atom stereocenters. The highest BCUT2D eigenvalue weighted by atomic mass is 16.5. The Balaban J connectivity index is 1.61. The van der Waals surface area contributed by atoms with E-state index in [-0.39, 0.29) is 0 Å². The van der Waals surface area contributed by atoms with Crippen LogP contribution in [-0.4, -0.2) is 22.1 Å². The summed E-state index contributed by atoms with van der Waals surface area (Å²) >= 11 is 0. The minimum absolute atomic E-state index is 0.561. The van der Waals surface area contributed by atoms with Crippen molar-refractivity contribution in [3.05, 3.63) is 72.2 Å². The van der Waals surface area contributed by atoms with E-state index in [1.165, 1.54) is 0 Å². The monoisotopic (exact) mass is 321 g/mol. The van der Waals surface area contributed by atoms with Crippen LogP contribution in [0, 0.1) is 0 Å². The molecule has 1 aromatic carbocycles. The van der Waals surface area contributed by atoms with Crippen LogP contribution in [0.25, 0.3) is 0 Å². The molecule has 0 saturated carbocycles. The zero-order valence-corrected chi connectivity index (χ0v) is 13.4. The van der Waals surface area contributed by atoms with Crippen LogP contribution in [0.5, 0.6) is 5.75 Å². The third-order valence-corrected chi connectivity index (χ3v) is 3.46. The molecule has 6 heteroatoms. The molecule has 122 valence electrons. The summed E-state index contributed by atoms with van der Waals surface area (Å²) in [7, 11) is 1.67. The van der Waals surface area contributed by atoms with Gasteiger partial charge in [-0.3, -0.25) is 4.98 Å². The third-order valence-electron chi connectivity index (χ3n) is 3.46. The van der Waals surface area contributed by atoms with Gasteiger partial charge in [0.05, 0.1) is 19.3 Å². The number of methoxy groups -OCH3 is 1. The fraction of sp³-hybridized carbons (Fsp3) is 0.167. The van der Waals surface area contributed by atoms with Crippen molar-refractivity contribution in [3.63, 3.8) is 0 Å². The average Bonchev–Trinajstić information content (AvgIpc) is 2.66. The van der Waals surface area contributed by atoms with E-state index in [9.17, 15) is 0 Å². The van der Waals surface area contributed by atoms with Gasteiger partial charge in [-0.15, -0.1) is 0 Å². The predicted molar refractivity (Wildman–Crippen MR) is 93.9 cm³/mol. The molecule has 3 aromatic rings. The van der Waals surface area contributed by atoms with Crippen molar-refractivity contribution in [2.45, 2.75) is 13.1 Å². The molecule has 0 radical (unpaired) electrons. The van der Waals surface area contributed by atoms with Gasteiger partial charge in [0, 0.05) is 24.5 Å². The fourth-order valence-corrected chi connectivity index (χ4v) is 2.25. The van der Waals surface area contributed by atoms with E-state index in [4.69, 9.17) is 4.74 Å². The number of nitrogens with one attached hydrogen (secondary N) is 2. The smallest absolute Gasteiger partial charge is 0.224 e. The summed E-state index contributed by atoms with van der Waals surface area (Å²) in [5, 5.41) is 6.46. The highest BCUT2D eigenvalue weighted by molar-refractivity contribution is 5.42. The van der Waals surface area contributed by atoms with E-state index >= 15 is 0 Å². The number of pyridine rings is 1. The van der Waals surface area contributed by atoms with Gasteiger partial charge in [-0.1, -0.05) is 24.3 Å². The number of aromatic nitrogens is 3. The van der Waals surface area contributed by atoms with Crippen LogP contribution in [0.2, 0.25) is 0 Å². The first-order chi connectivity index (χ1) is 11.8. The van der Waals surface area contributed by atoms with Gasteiger partial charge in [-0.2, -0.15) is 4.98 Å². The third kappa shape index (κ3) is 4.19. The minimum atomic E-state index is 0.561. The fourth-order valence-electron chi connectivity index (χ4n) is 2.25. The van der Waals surface area contributed by atoms with Crippen molar-refractivity contribution in [1.29, 1.82) is 0 Å². The Bertz CT molecular complexity index is 779. The first-order valence-electron chi connectivity index (χ1n) is 7.68. The number of benzene rings is 1. The standard InChI is InChI=1S/C18H19N5O/c1-24-16-8-3-2-6-14(16)12-21-17-9-11-20-18(23-17)22-13-15-7-4-5-10-19-15/h2-11H,12-13H2,1H3,(H2,20,21,22,23). The van der Waals surface area contributed by atoms with E-state index in [0.29, 0.717) is 19.0 Å². The summed E-state index contributed by atoms with van der Waals surface area (Å²) in [6.07, 6.45) is 3.49. The minimum Gasteiger partial charge on any atom is -0.496 e. The molecule has 24 heavy (non-hydrogen) atoms. The lowest BCUT2D eigenvalue weighted by molar-refractivity contribution is 0.410. The lowest BCUT2D eigenvalue weighted by Gasteiger charge is -2.10. The number of anilines is 2. The van der Waals surface area contributed by atoms with Crippen LogP contribution >= 0.6 is 0 Å². The Morgan fingerprint density at radius 3 is 2.58 bits per heavy atom. The van der Waals surface area contributed by atoms with Crippen LogP contribution in [0.15, 0.2) is 60.9 Å². The molecule has 0 saturated heterocycles. The molecule has 0 amide bonds. The molecule has 0 aliphatic rings. The van der Waals surface area contributed by atoms with E-state index in [1.54, 1.807) is 19.5 Å². The molecule has 0 aliphatic carbocycles. The second-order valence-electron chi connectivity index (χ2n) is 5.11. The quantitative estimate of drug-likeness (QED) is 0.697. The van der Waals surface area contributed by atoms with Gasteiger partial charge in [0.25, 0.3) is 0 Å². The second kappa shape index (κ2) is 7.92. The molecule has 0 aliphatic heterocycles. The normalized spacial score (nSPS) is 10.2. The summed E-state index contributed by atoms with van der Waals surface area (Å²) in [5.41, 5.74) is 2.01. The highest BCUT2D eigenvalue weighted by Crippen LogP contribution is 2.18. The zero-order chi connectivity index (χ0) is 16.6. The van der Waals surface area contributed by atoms with Gasteiger partial charge < -0.3 is 15.4 Å². The van der Waals surface area contributed by atoms with Crippen LogP contribution < -0.4 is 15.4 Å². The number of nitrogens with zero attached hydrogens (tertiary/aromatic N) is 3. The number of hydrogen-bond acceptors (Lipinski definition) is 6. The first kappa shape index (κ1) is 15.7. The van der Waals surface area contributed by atoms with Gasteiger partial charge in [0.1, 0.15) is 11.6 Å². The van der Waals surface area contributed by atoms with Crippen LogP contribution in [0.1, 0.15) is 11.3 Å². The van der Waals surface area contributed by atoms with Gasteiger partial charge in [-0.25, -0.2) is 4.98 Å². The molecule has 0 bridgehead atoms. The maximum Gasteiger partial charge on any atom is 0.224 e. The molecule has 2 aromatic heterocycles. The van der Waals surface area contributed by atoms with Crippen molar-refractivity contribution >= 4 is 11.8 Å². The number of ether oxygens (including phenoxy) is 1. The van der Waals surface area contributed by atoms with Crippen LogP contribution in [0.4, 0.5) is 11.8 Å². The Morgan fingerprint density at radius 1 is 0.875 bits per heavy atom. The SMILES string of the molecule is COc1ccccc1CNc1ccnc(NCc2ccccn2)n1. The molecule has 6 nitrogen and oxygen atoms in total. The average molecular weight is 321 g/mol. The molecule has 2 heterocycles. The van der Waals surface area contributed by atoms with Crippen molar-refractivity contribution < 1.29 is 4.74 Å². The molecule has 0 fully saturated rings. The van der Waals surface area contributed by atoms with E-state index in [1.807, 2.05) is 48.5 Å². The first-order valence-corrected chi connectivity index (χ1v) is 7.68. The molecule has 3 rings (SSSR count). The number of rotatable bonds is 7. The number of hydrogen-bond donors (Lipinski definition) is 2.